The van der Waals surface area contributed by atoms with Crippen molar-refractivity contribution in [1.82, 2.24) is 10.6 Å². The van der Waals surface area contributed by atoms with Gasteiger partial charge in [0, 0.05) is 24.4 Å². The fourth-order valence-electron chi connectivity index (χ4n) is 2.57. The van der Waals surface area contributed by atoms with Crippen molar-refractivity contribution in [2.24, 2.45) is 10.9 Å². The van der Waals surface area contributed by atoms with Crippen molar-refractivity contribution in [3.8, 4) is 0 Å². The first-order valence-electron chi connectivity index (χ1n) is 7.81. The highest BCUT2D eigenvalue weighted by molar-refractivity contribution is 14.0. The summed E-state index contributed by atoms with van der Waals surface area (Å²) in [6.45, 7) is 8.52. The Morgan fingerprint density at radius 2 is 1.95 bits per heavy atom. The molecule has 1 aliphatic rings. The molecule has 1 rings (SSSR count). The quantitative estimate of drug-likeness (QED) is 0.378. The van der Waals surface area contributed by atoms with Crippen LogP contribution in [-0.2, 0) is 0 Å². The lowest BCUT2D eigenvalue weighted by atomic mass is 10.0. The zero-order valence-corrected chi connectivity index (χ0v) is 16.6. The lowest BCUT2D eigenvalue weighted by molar-refractivity contribution is 0.502. The average molecular weight is 413 g/mol. The van der Waals surface area contributed by atoms with Gasteiger partial charge in [-0.25, -0.2) is 0 Å². The minimum atomic E-state index is 0. The van der Waals surface area contributed by atoms with Gasteiger partial charge in [-0.2, -0.15) is 11.8 Å². The monoisotopic (exact) mass is 413 g/mol. The third-order valence-corrected chi connectivity index (χ3v) is 5.16. The van der Waals surface area contributed by atoms with E-state index < -0.39 is 0 Å². The molecule has 2 atom stereocenters. The molecule has 0 aromatic heterocycles. The minimum Gasteiger partial charge on any atom is -0.357 e. The van der Waals surface area contributed by atoms with E-state index in [4.69, 9.17) is 4.99 Å². The van der Waals surface area contributed by atoms with Crippen LogP contribution >= 0.6 is 35.7 Å². The summed E-state index contributed by atoms with van der Waals surface area (Å²) in [6, 6.07) is 0.608. The lowest BCUT2D eigenvalue weighted by Crippen LogP contribution is -2.42. The van der Waals surface area contributed by atoms with Gasteiger partial charge in [-0.05, 0) is 38.4 Å². The van der Waals surface area contributed by atoms with Crippen molar-refractivity contribution in [2.75, 3.05) is 19.3 Å². The molecule has 0 aliphatic heterocycles. The van der Waals surface area contributed by atoms with E-state index in [0.29, 0.717) is 6.04 Å². The van der Waals surface area contributed by atoms with E-state index in [9.17, 15) is 0 Å². The molecule has 1 saturated carbocycles. The maximum atomic E-state index is 4.76. The van der Waals surface area contributed by atoms with Gasteiger partial charge >= 0.3 is 0 Å². The normalized spacial score (nSPS) is 22.8. The smallest absolute Gasteiger partial charge is 0.191 e. The van der Waals surface area contributed by atoms with Crippen LogP contribution in [0.4, 0.5) is 0 Å². The molecule has 1 fully saturated rings. The molecule has 5 heteroatoms. The van der Waals surface area contributed by atoms with E-state index in [1.165, 1.54) is 32.1 Å². The van der Waals surface area contributed by atoms with Gasteiger partial charge in [-0.15, -0.1) is 24.0 Å². The van der Waals surface area contributed by atoms with E-state index in [1.807, 2.05) is 11.8 Å². The average Bonchev–Trinajstić information content (AvgIpc) is 2.87. The van der Waals surface area contributed by atoms with Crippen LogP contribution in [0.3, 0.4) is 0 Å². The number of guanidine groups is 1. The first-order valence-corrected chi connectivity index (χ1v) is 9.09. The third-order valence-electron chi connectivity index (χ3n) is 4.07. The molecule has 0 heterocycles. The summed E-state index contributed by atoms with van der Waals surface area (Å²) in [4.78, 5) is 4.76. The number of hydrogen-bond donors (Lipinski definition) is 2. The van der Waals surface area contributed by atoms with Crippen LogP contribution in [0.25, 0.3) is 0 Å². The SMILES string of the molecule is CCNC(=NCC(CC)CC)NC1CCC(SC)C1.I. The van der Waals surface area contributed by atoms with Gasteiger partial charge in [0.2, 0.25) is 0 Å². The number of rotatable bonds is 7. The maximum Gasteiger partial charge on any atom is 0.191 e. The molecule has 0 spiro atoms. The van der Waals surface area contributed by atoms with Gasteiger partial charge in [0.1, 0.15) is 0 Å². The largest absolute Gasteiger partial charge is 0.357 e. The molecular weight excluding hydrogens is 381 g/mol. The predicted octanol–water partition coefficient (Wildman–Crippen LogP) is 3.88. The van der Waals surface area contributed by atoms with E-state index >= 15 is 0 Å². The zero-order chi connectivity index (χ0) is 14.1. The molecule has 0 amide bonds. The second kappa shape index (κ2) is 12.0. The molecule has 3 nitrogen and oxygen atoms in total. The summed E-state index contributed by atoms with van der Waals surface area (Å²) in [5, 5.41) is 7.82. The molecule has 0 aromatic carbocycles. The first-order chi connectivity index (χ1) is 9.23. The van der Waals surface area contributed by atoms with E-state index in [1.54, 1.807) is 0 Å². The second-order valence-electron chi connectivity index (χ2n) is 5.41. The second-order valence-corrected chi connectivity index (χ2v) is 6.55. The van der Waals surface area contributed by atoms with Crippen molar-refractivity contribution < 1.29 is 0 Å². The van der Waals surface area contributed by atoms with Crippen LogP contribution in [0.1, 0.15) is 52.9 Å². The Labute approximate surface area is 146 Å². The fourth-order valence-corrected chi connectivity index (χ4v) is 3.36. The van der Waals surface area contributed by atoms with Crippen molar-refractivity contribution in [1.29, 1.82) is 0 Å². The highest BCUT2D eigenvalue weighted by Crippen LogP contribution is 2.28. The summed E-state index contributed by atoms with van der Waals surface area (Å²) >= 11 is 2.00. The van der Waals surface area contributed by atoms with Crippen LogP contribution in [0, 0.1) is 5.92 Å². The van der Waals surface area contributed by atoms with Crippen LogP contribution in [0.5, 0.6) is 0 Å². The highest BCUT2D eigenvalue weighted by Gasteiger charge is 2.24. The Kier molecular flexibility index (Phi) is 12.2. The van der Waals surface area contributed by atoms with Gasteiger partial charge in [-0.1, -0.05) is 26.7 Å². The first kappa shape index (κ1) is 20.3. The van der Waals surface area contributed by atoms with Gasteiger partial charge in [0.15, 0.2) is 5.96 Å². The molecule has 1 aliphatic carbocycles. The number of nitrogens with zero attached hydrogens (tertiary/aromatic N) is 1. The number of nitrogens with one attached hydrogen (secondary N) is 2. The molecule has 0 saturated heterocycles. The Balaban J connectivity index is 0.00000361. The molecule has 2 unspecified atom stereocenters. The summed E-state index contributed by atoms with van der Waals surface area (Å²) in [5.74, 6) is 1.74. The van der Waals surface area contributed by atoms with Crippen LogP contribution < -0.4 is 10.6 Å². The van der Waals surface area contributed by atoms with Crippen LogP contribution in [0.15, 0.2) is 4.99 Å². The van der Waals surface area contributed by atoms with E-state index in [-0.39, 0.29) is 24.0 Å². The molecular formula is C15H32IN3S. The van der Waals surface area contributed by atoms with Gasteiger partial charge < -0.3 is 10.6 Å². The molecule has 20 heavy (non-hydrogen) atoms. The van der Waals surface area contributed by atoms with Crippen molar-refractivity contribution in [3.63, 3.8) is 0 Å². The molecule has 0 bridgehead atoms. The number of halogens is 1. The van der Waals surface area contributed by atoms with Crippen LogP contribution in [-0.4, -0.2) is 36.6 Å². The number of thioether (sulfide) groups is 1. The predicted molar refractivity (Wildman–Crippen MR) is 104 cm³/mol. The lowest BCUT2D eigenvalue weighted by Gasteiger charge is -2.18. The topological polar surface area (TPSA) is 36.4 Å². The molecule has 120 valence electrons. The van der Waals surface area contributed by atoms with Crippen molar-refractivity contribution >= 4 is 41.7 Å². The molecule has 0 aromatic rings. The Hall–Kier alpha value is 0.350. The Morgan fingerprint density at radius 3 is 2.45 bits per heavy atom. The van der Waals surface area contributed by atoms with Crippen molar-refractivity contribution in [3.05, 3.63) is 0 Å². The number of hydrogen-bond acceptors (Lipinski definition) is 2. The summed E-state index contributed by atoms with van der Waals surface area (Å²) in [5.41, 5.74) is 0. The number of aliphatic imine (C=N–C) groups is 1. The summed E-state index contributed by atoms with van der Waals surface area (Å²) in [6.07, 6.45) is 8.55. The zero-order valence-electron chi connectivity index (χ0n) is 13.4. The highest BCUT2D eigenvalue weighted by atomic mass is 127. The minimum absolute atomic E-state index is 0. The third kappa shape index (κ3) is 7.38. The summed E-state index contributed by atoms with van der Waals surface area (Å²) < 4.78 is 0. The van der Waals surface area contributed by atoms with E-state index in [2.05, 4.69) is 37.7 Å². The maximum absolute atomic E-state index is 4.76. The Bertz CT molecular complexity index is 270. The fraction of sp³-hybridized carbons (Fsp3) is 0.933. The van der Waals surface area contributed by atoms with Crippen LogP contribution in [0.2, 0.25) is 0 Å². The van der Waals surface area contributed by atoms with Gasteiger partial charge in [-0.3, -0.25) is 4.99 Å². The van der Waals surface area contributed by atoms with Gasteiger partial charge in [0.05, 0.1) is 0 Å². The van der Waals surface area contributed by atoms with E-state index in [0.717, 1.165) is 30.2 Å². The van der Waals surface area contributed by atoms with Gasteiger partial charge in [0.25, 0.3) is 0 Å². The standard InChI is InChI=1S/C15H31N3S.HI/c1-5-12(6-2)11-17-15(16-7-3)18-13-8-9-14(10-13)19-4;/h12-14H,5-11H2,1-4H3,(H2,16,17,18);1H. The van der Waals surface area contributed by atoms with Crippen molar-refractivity contribution in [2.45, 2.75) is 64.2 Å². The molecule has 2 N–H and O–H groups in total. The molecule has 0 radical (unpaired) electrons. The summed E-state index contributed by atoms with van der Waals surface area (Å²) in [7, 11) is 0. The Morgan fingerprint density at radius 1 is 1.25 bits per heavy atom.